The zero-order valence-corrected chi connectivity index (χ0v) is 13.5. The summed E-state index contributed by atoms with van der Waals surface area (Å²) >= 11 is 5.68. The molecule has 0 aromatic carbocycles. The largest absolute Gasteiger partial charge is 0.465 e. The van der Waals surface area contributed by atoms with Crippen LogP contribution >= 0.6 is 11.6 Å². The maximum Gasteiger partial charge on any atom is 0.378 e. The van der Waals surface area contributed by atoms with Crippen LogP contribution in [0, 0.1) is 10.1 Å². The summed E-state index contributed by atoms with van der Waals surface area (Å²) in [5.41, 5.74) is -0.549. The Morgan fingerprint density at radius 2 is 2.17 bits per heavy atom. The fraction of sp³-hybridized carbons (Fsp3) is 0.615. The number of carbonyl (C=O) groups excluding carboxylic acids is 1. The van der Waals surface area contributed by atoms with Crippen LogP contribution in [0.1, 0.15) is 25.7 Å². The first-order valence-electron chi connectivity index (χ1n) is 7.16. The number of halogens is 3. The quantitative estimate of drug-likeness (QED) is 0.331. The Morgan fingerprint density at radius 1 is 1.54 bits per heavy atom. The van der Waals surface area contributed by atoms with Crippen LogP contribution in [0.4, 0.5) is 20.3 Å². The third-order valence-electron chi connectivity index (χ3n) is 3.81. The lowest BCUT2D eigenvalue weighted by molar-refractivity contribution is -0.384. The van der Waals surface area contributed by atoms with Crippen LogP contribution in [0.2, 0.25) is 5.28 Å². The lowest BCUT2D eigenvalue weighted by Gasteiger charge is -2.31. The van der Waals surface area contributed by atoms with Crippen molar-refractivity contribution in [2.75, 3.05) is 18.6 Å². The number of ether oxygens (including phenoxy) is 1. The van der Waals surface area contributed by atoms with E-state index in [2.05, 4.69) is 14.7 Å². The number of alkyl halides is 2. The minimum Gasteiger partial charge on any atom is -0.465 e. The summed E-state index contributed by atoms with van der Waals surface area (Å²) in [5, 5.41) is 10.9. The molecule has 0 amide bonds. The van der Waals surface area contributed by atoms with E-state index >= 15 is 0 Å². The molecule has 1 aromatic rings. The molecular weight excluding hydrogens is 350 g/mol. The van der Waals surface area contributed by atoms with Crippen molar-refractivity contribution >= 4 is 29.1 Å². The SMILES string of the molecule is COC(=O)C(F)(F)CN(c1nc(Cl)ncc1[N+](=O)[O-])C1CCCC1. The third-order valence-corrected chi connectivity index (χ3v) is 3.99. The van der Waals surface area contributed by atoms with Crippen LogP contribution in [0.3, 0.4) is 0 Å². The fourth-order valence-electron chi connectivity index (χ4n) is 2.71. The van der Waals surface area contributed by atoms with Crippen molar-refractivity contribution in [3.05, 3.63) is 21.6 Å². The van der Waals surface area contributed by atoms with Gasteiger partial charge in [0.2, 0.25) is 11.1 Å². The molecule has 0 N–H and O–H groups in total. The predicted molar refractivity (Wildman–Crippen MR) is 80.3 cm³/mol. The van der Waals surface area contributed by atoms with E-state index in [1.54, 1.807) is 0 Å². The van der Waals surface area contributed by atoms with E-state index < -0.39 is 35.1 Å². The number of carbonyl (C=O) groups is 1. The number of hydrogen-bond acceptors (Lipinski definition) is 7. The van der Waals surface area contributed by atoms with Crippen molar-refractivity contribution in [2.24, 2.45) is 0 Å². The van der Waals surface area contributed by atoms with Crippen LogP contribution in [0.15, 0.2) is 6.20 Å². The maximum absolute atomic E-state index is 14.1. The van der Waals surface area contributed by atoms with E-state index in [1.807, 2.05) is 0 Å². The van der Waals surface area contributed by atoms with Gasteiger partial charge in [0.25, 0.3) is 0 Å². The lowest BCUT2D eigenvalue weighted by atomic mass is 10.1. The summed E-state index contributed by atoms with van der Waals surface area (Å²) in [4.78, 5) is 30.1. The van der Waals surface area contributed by atoms with Crippen molar-refractivity contribution in [3.8, 4) is 0 Å². The summed E-state index contributed by atoms with van der Waals surface area (Å²) in [6.45, 7) is -1.08. The fourth-order valence-corrected chi connectivity index (χ4v) is 2.84. The van der Waals surface area contributed by atoms with Gasteiger partial charge in [0, 0.05) is 6.04 Å². The third kappa shape index (κ3) is 3.86. The van der Waals surface area contributed by atoms with E-state index in [4.69, 9.17) is 11.6 Å². The number of methoxy groups -OCH3 is 1. The summed E-state index contributed by atoms with van der Waals surface area (Å²) in [7, 11) is 0.847. The molecule has 2 rings (SSSR count). The van der Waals surface area contributed by atoms with Gasteiger partial charge in [0.1, 0.15) is 6.20 Å². The second kappa shape index (κ2) is 7.20. The van der Waals surface area contributed by atoms with E-state index in [1.165, 1.54) is 0 Å². The summed E-state index contributed by atoms with van der Waals surface area (Å²) in [6, 6.07) is -0.412. The molecule has 0 bridgehead atoms. The van der Waals surface area contributed by atoms with Crippen LogP contribution in [0.25, 0.3) is 0 Å². The standard InChI is InChI=1S/C13H15ClF2N4O4/c1-24-11(21)13(15,16)7-19(8-4-2-3-5-8)10-9(20(22)23)6-17-12(14)18-10/h6,8H,2-5,7H2,1H3. The molecule has 1 aromatic heterocycles. The molecule has 11 heteroatoms. The van der Waals surface area contributed by atoms with Gasteiger partial charge >= 0.3 is 17.6 Å². The Kier molecular flexibility index (Phi) is 5.47. The summed E-state index contributed by atoms with van der Waals surface area (Å²) in [6.07, 6.45) is 3.55. The van der Waals surface area contributed by atoms with E-state index in [-0.39, 0.29) is 11.1 Å². The average Bonchev–Trinajstić information content (AvgIpc) is 3.05. The van der Waals surface area contributed by atoms with Gasteiger partial charge in [-0.3, -0.25) is 10.1 Å². The summed E-state index contributed by atoms with van der Waals surface area (Å²) in [5.74, 6) is -5.88. The molecule has 8 nitrogen and oxygen atoms in total. The van der Waals surface area contributed by atoms with Crippen LogP contribution in [-0.2, 0) is 9.53 Å². The van der Waals surface area contributed by atoms with Crippen molar-refractivity contribution in [1.82, 2.24) is 9.97 Å². The smallest absolute Gasteiger partial charge is 0.378 e. The van der Waals surface area contributed by atoms with E-state index in [9.17, 15) is 23.7 Å². The van der Waals surface area contributed by atoms with Crippen molar-refractivity contribution in [2.45, 2.75) is 37.6 Å². The first kappa shape index (κ1) is 18.2. The minimum atomic E-state index is -3.84. The molecule has 0 aliphatic heterocycles. The van der Waals surface area contributed by atoms with Gasteiger partial charge < -0.3 is 9.64 Å². The Morgan fingerprint density at radius 3 is 2.71 bits per heavy atom. The van der Waals surface area contributed by atoms with Gasteiger partial charge in [-0.2, -0.15) is 13.8 Å². The molecule has 24 heavy (non-hydrogen) atoms. The first-order chi connectivity index (χ1) is 11.3. The Hall–Kier alpha value is -2.10. The number of hydrogen-bond donors (Lipinski definition) is 0. The molecule has 0 saturated heterocycles. The van der Waals surface area contributed by atoms with Crippen LogP contribution in [-0.4, -0.2) is 46.5 Å². The number of esters is 1. The number of anilines is 1. The van der Waals surface area contributed by atoms with Gasteiger partial charge in [-0.1, -0.05) is 12.8 Å². The van der Waals surface area contributed by atoms with E-state index in [0.29, 0.717) is 12.8 Å². The molecule has 1 fully saturated rings. The molecule has 132 valence electrons. The second-order valence-electron chi connectivity index (χ2n) is 5.37. The van der Waals surface area contributed by atoms with Crippen molar-refractivity contribution in [1.29, 1.82) is 0 Å². The summed E-state index contributed by atoms with van der Waals surface area (Å²) < 4.78 is 32.3. The van der Waals surface area contributed by atoms with Gasteiger partial charge in [0.15, 0.2) is 0 Å². The van der Waals surface area contributed by atoms with Crippen molar-refractivity contribution in [3.63, 3.8) is 0 Å². The number of nitrogens with zero attached hydrogens (tertiary/aromatic N) is 4. The highest BCUT2D eigenvalue weighted by molar-refractivity contribution is 6.28. The number of rotatable bonds is 6. The van der Waals surface area contributed by atoms with Crippen LogP contribution < -0.4 is 4.90 Å². The monoisotopic (exact) mass is 364 g/mol. The number of nitro groups is 1. The second-order valence-corrected chi connectivity index (χ2v) is 5.71. The highest BCUT2D eigenvalue weighted by Gasteiger charge is 2.45. The molecular formula is C13H15ClF2N4O4. The topological polar surface area (TPSA) is 98.5 Å². The zero-order chi connectivity index (χ0) is 17.9. The Labute approximate surface area is 140 Å². The molecule has 1 heterocycles. The zero-order valence-electron chi connectivity index (χ0n) is 12.7. The highest BCUT2D eigenvalue weighted by atomic mass is 35.5. The molecule has 0 spiro atoms. The molecule has 0 radical (unpaired) electrons. The van der Waals surface area contributed by atoms with Gasteiger partial charge in [-0.15, -0.1) is 0 Å². The minimum absolute atomic E-state index is 0.306. The first-order valence-corrected chi connectivity index (χ1v) is 7.54. The molecule has 1 aliphatic carbocycles. The number of aromatic nitrogens is 2. The van der Waals surface area contributed by atoms with Gasteiger partial charge in [-0.05, 0) is 24.4 Å². The highest BCUT2D eigenvalue weighted by Crippen LogP contribution is 2.35. The van der Waals surface area contributed by atoms with Gasteiger partial charge in [-0.25, -0.2) is 9.78 Å². The molecule has 1 saturated carbocycles. The molecule has 0 unspecified atom stereocenters. The Balaban J connectivity index is 2.46. The lowest BCUT2D eigenvalue weighted by Crippen LogP contribution is -2.47. The maximum atomic E-state index is 14.1. The van der Waals surface area contributed by atoms with Crippen molar-refractivity contribution < 1.29 is 23.2 Å². The molecule has 1 aliphatic rings. The van der Waals surface area contributed by atoms with Crippen LogP contribution in [0.5, 0.6) is 0 Å². The average molecular weight is 365 g/mol. The molecule has 0 atom stereocenters. The Bertz CT molecular complexity index is 640. The van der Waals surface area contributed by atoms with E-state index in [0.717, 1.165) is 31.0 Å². The van der Waals surface area contributed by atoms with Gasteiger partial charge in [0.05, 0.1) is 18.6 Å². The predicted octanol–water partition coefficient (Wildman–Crippen LogP) is 2.60. The normalized spacial score (nSPS) is 15.3.